The second kappa shape index (κ2) is 4.74. The number of imide groups is 1. The van der Waals surface area contributed by atoms with Crippen LogP contribution in [0.1, 0.15) is 6.42 Å². The van der Waals surface area contributed by atoms with Gasteiger partial charge in [-0.05, 0) is 12.1 Å². The summed E-state index contributed by atoms with van der Waals surface area (Å²) < 4.78 is 13.2. The third-order valence-corrected chi connectivity index (χ3v) is 3.26. The van der Waals surface area contributed by atoms with E-state index in [0.29, 0.717) is 5.69 Å². The molecule has 0 saturated carbocycles. The van der Waals surface area contributed by atoms with Crippen LogP contribution in [0.4, 0.5) is 10.1 Å². The van der Waals surface area contributed by atoms with E-state index in [1.165, 1.54) is 19.2 Å². The van der Waals surface area contributed by atoms with Crippen LogP contribution in [-0.4, -0.2) is 29.8 Å². The average Bonchev–Trinajstić information content (AvgIpc) is 2.54. The Morgan fingerprint density at radius 2 is 1.89 bits per heavy atom. The van der Waals surface area contributed by atoms with Gasteiger partial charge in [-0.1, -0.05) is 23.2 Å². The van der Waals surface area contributed by atoms with E-state index in [-0.39, 0.29) is 28.3 Å². The molecule has 2 amide bonds. The van der Waals surface area contributed by atoms with Crippen LogP contribution in [0.15, 0.2) is 12.1 Å². The highest BCUT2D eigenvalue weighted by atomic mass is 35.5. The van der Waals surface area contributed by atoms with E-state index in [0.717, 1.165) is 4.90 Å². The maximum Gasteiger partial charge on any atom is 0.251 e. The molecule has 4 nitrogen and oxygen atoms in total. The Hall–Kier alpha value is -1.33. The number of nitrogens with one attached hydrogen (secondary N) is 1. The van der Waals surface area contributed by atoms with Gasteiger partial charge in [-0.15, -0.1) is 0 Å². The van der Waals surface area contributed by atoms with Gasteiger partial charge in [-0.2, -0.15) is 0 Å². The van der Waals surface area contributed by atoms with Gasteiger partial charge in [0, 0.05) is 12.7 Å². The molecule has 1 aliphatic heterocycles. The molecule has 2 rings (SSSR count). The summed E-state index contributed by atoms with van der Waals surface area (Å²) in [5, 5.41) is 2.53. The minimum atomic E-state index is -0.713. The fraction of sp³-hybridized carbons (Fsp3) is 0.273. The minimum Gasteiger partial charge on any atom is -0.373 e. The summed E-state index contributed by atoms with van der Waals surface area (Å²) in [6, 6.07) is 1.97. The SMILES string of the molecule is CN1C(=O)CC(Nc2cc(Cl)c(F)c(Cl)c2)C1=O. The first-order valence-corrected chi connectivity index (χ1v) is 5.87. The Balaban J connectivity index is 2.21. The first-order valence-electron chi connectivity index (χ1n) is 5.11. The highest BCUT2D eigenvalue weighted by Gasteiger charge is 2.36. The third-order valence-electron chi connectivity index (χ3n) is 2.71. The molecule has 1 heterocycles. The summed E-state index contributed by atoms with van der Waals surface area (Å²) >= 11 is 11.3. The maximum atomic E-state index is 13.2. The quantitative estimate of drug-likeness (QED) is 0.672. The number of hydrogen-bond donors (Lipinski definition) is 1. The van der Waals surface area contributed by atoms with Crippen molar-refractivity contribution in [2.45, 2.75) is 12.5 Å². The van der Waals surface area contributed by atoms with Crippen LogP contribution in [0.25, 0.3) is 0 Å². The molecule has 1 N–H and O–H groups in total. The third kappa shape index (κ3) is 2.28. The van der Waals surface area contributed by atoms with Crippen LogP contribution < -0.4 is 5.32 Å². The van der Waals surface area contributed by atoms with Gasteiger partial charge in [0.1, 0.15) is 6.04 Å². The predicted molar refractivity (Wildman–Crippen MR) is 66.2 cm³/mol. The molecule has 1 fully saturated rings. The van der Waals surface area contributed by atoms with E-state index in [4.69, 9.17) is 23.2 Å². The van der Waals surface area contributed by atoms with Crippen molar-refractivity contribution in [3.8, 4) is 0 Å². The number of carbonyl (C=O) groups excluding carboxylic acids is 2. The van der Waals surface area contributed by atoms with Gasteiger partial charge < -0.3 is 5.32 Å². The molecule has 1 atom stereocenters. The normalized spacial score (nSPS) is 19.6. The Bertz CT molecular complexity index is 513. The zero-order valence-corrected chi connectivity index (χ0v) is 10.8. The molecule has 1 aromatic rings. The van der Waals surface area contributed by atoms with Crippen LogP contribution in [-0.2, 0) is 9.59 Å². The van der Waals surface area contributed by atoms with Crippen molar-refractivity contribution in [2.75, 3.05) is 12.4 Å². The topological polar surface area (TPSA) is 49.4 Å². The van der Waals surface area contributed by atoms with E-state index in [9.17, 15) is 14.0 Å². The van der Waals surface area contributed by atoms with Crippen LogP contribution >= 0.6 is 23.2 Å². The fourth-order valence-electron chi connectivity index (χ4n) is 1.71. The van der Waals surface area contributed by atoms with Gasteiger partial charge in [0.2, 0.25) is 5.91 Å². The van der Waals surface area contributed by atoms with Crippen molar-refractivity contribution in [2.24, 2.45) is 0 Å². The standard InChI is InChI=1S/C11H9Cl2FN2O2/c1-16-9(17)4-8(11(16)18)15-5-2-6(12)10(14)7(13)3-5/h2-3,8,15H,4H2,1H3. The van der Waals surface area contributed by atoms with Crippen LogP contribution in [0, 0.1) is 5.82 Å². The molecule has 7 heteroatoms. The molecule has 0 spiro atoms. The summed E-state index contributed by atoms with van der Waals surface area (Å²) in [5.41, 5.74) is 0.396. The van der Waals surface area contributed by atoms with Crippen molar-refractivity contribution in [1.29, 1.82) is 0 Å². The van der Waals surface area contributed by atoms with Crippen LogP contribution in [0.2, 0.25) is 10.0 Å². The molecule has 1 aromatic carbocycles. The first kappa shape index (κ1) is 13.1. The Kier molecular flexibility index (Phi) is 3.45. The number of halogens is 3. The number of likely N-dealkylation sites (N-methyl/N-ethyl adjacent to an activating group) is 1. The zero-order chi connectivity index (χ0) is 13.4. The summed E-state index contributed by atoms with van der Waals surface area (Å²) in [6.07, 6.45) is 0.0575. The second-order valence-electron chi connectivity index (χ2n) is 3.95. The monoisotopic (exact) mass is 290 g/mol. The lowest BCUT2D eigenvalue weighted by Crippen LogP contribution is -2.31. The summed E-state index contributed by atoms with van der Waals surface area (Å²) in [6.45, 7) is 0. The second-order valence-corrected chi connectivity index (χ2v) is 4.76. The number of benzene rings is 1. The summed E-state index contributed by atoms with van der Waals surface area (Å²) in [4.78, 5) is 24.0. The van der Waals surface area contributed by atoms with Crippen molar-refractivity contribution < 1.29 is 14.0 Å². The minimum absolute atomic E-state index is 0.0575. The van der Waals surface area contributed by atoms with Gasteiger partial charge in [0.05, 0.1) is 16.5 Å². The number of anilines is 1. The molecule has 0 radical (unpaired) electrons. The van der Waals surface area contributed by atoms with Crippen molar-refractivity contribution >= 4 is 40.7 Å². The van der Waals surface area contributed by atoms with E-state index in [1.54, 1.807) is 0 Å². The van der Waals surface area contributed by atoms with E-state index in [1.807, 2.05) is 0 Å². The van der Waals surface area contributed by atoms with Gasteiger partial charge in [-0.3, -0.25) is 14.5 Å². The molecule has 0 aliphatic carbocycles. The Morgan fingerprint density at radius 1 is 1.33 bits per heavy atom. The first-order chi connectivity index (χ1) is 8.40. The van der Waals surface area contributed by atoms with E-state index in [2.05, 4.69) is 5.32 Å². The van der Waals surface area contributed by atoms with Crippen molar-refractivity contribution in [3.05, 3.63) is 28.0 Å². The number of carbonyl (C=O) groups is 2. The molecule has 0 aromatic heterocycles. The lowest BCUT2D eigenvalue weighted by atomic mass is 10.2. The summed E-state index contributed by atoms with van der Waals surface area (Å²) in [5.74, 6) is -1.32. The van der Waals surface area contributed by atoms with Gasteiger partial charge in [0.15, 0.2) is 5.82 Å². The Morgan fingerprint density at radius 3 is 2.33 bits per heavy atom. The molecule has 1 saturated heterocycles. The molecule has 1 aliphatic rings. The van der Waals surface area contributed by atoms with Crippen LogP contribution in [0.5, 0.6) is 0 Å². The largest absolute Gasteiger partial charge is 0.373 e. The Labute approximate surface area is 113 Å². The van der Waals surface area contributed by atoms with E-state index >= 15 is 0 Å². The van der Waals surface area contributed by atoms with Gasteiger partial charge in [0.25, 0.3) is 5.91 Å². The highest BCUT2D eigenvalue weighted by Crippen LogP contribution is 2.28. The predicted octanol–water partition coefficient (Wildman–Crippen LogP) is 2.30. The number of nitrogens with zero attached hydrogens (tertiary/aromatic N) is 1. The number of likely N-dealkylation sites (tertiary alicyclic amines) is 1. The fourth-order valence-corrected chi connectivity index (χ4v) is 2.20. The molecule has 18 heavy (non-hydrogen) atoms. The van der Waals surface area contributed by atoms with Gasteiger partial charge in [-0.25, -0.2) is 4.39 Å². The lowest BCUT2D eigenvalue weighted by Gasteiger charge is -2.13. The molecule has 0 bridgehead atoms. The number of hydrogen-bond acceptors (Lipinski definition) is 3. The molecule has 96 valence electrons. The molecular weight excluding hydrogens is 282 g/mol. The summed E-state index contributed by atoms with van der Waals surface area (Å²) in [7, 11) is 1.41. The van der Waals surface area contributed by atoms with Crippen LogP contribution in [0.3, 0.4) is 0 Å². The number of rotatable bonds is 2. The highest BCUT2D eigenvalue weighted by molar-refractivity contribution is 6.35. The average molecular weight is 291 g/mol. The smallest absolute Gasteiger partial charge is 0.251 e. The van der Waals surface area contributed by atoms with Gasteiger partial charge >= 0.3 is 0 Å². The van der Waals surface area contributed by atoms with E-state index < -0.39 is 11.9 Å². The number of amides is 2. The zero-order valence-electron chi connectivity index (χ0n) is 9.34. The van der Waals surface area contributed by atoms with Crippen molar-refractivity contribution in [3.63, 3.8) is 0 Å². The van der Waals surface area contributed by atoms with Crippen molar-refractivity contribution in [1.82, 2.24) is 4.90 Å². The maximum absolute atomic E-state index is 13.2. The molecular formula is C11H9Cl2FN2O2. The molecule has 1 unspecified atom stereocenters. The lowest BCUT2D eigenvalue weighted by molar-refractivity contribution is -0.136.